The smallest absolute Gasteiger partial charge is 0.410 e. The summed E-state index contributed by atoms with van der Waals surface area (Å²) in [5.74, 6) is -0.349. The van der Waals surface area contributed by atoms with E-state index in [9.17, 15) is 9.59 Å². The first kappa shape index (κ1) is 17.0. The predicted octanol–water partition coefficient (Wildman–Crippen LogP) is 2.15. The van der Waals surface area contributed by atoms with Crippen LogP contribution < -0.4 is 5.32 Å². The maximum atomic E-state index is 12.4. The molecule has 0 bridgehead atoms. The fraction of sp³-hybridized carbons (Fsp3) is 0.625. The van der Waals surface area contributed by atoms with Crippen LogP contribution in [0.1, 0.15) is 38.8 Å². The van der Waals surface area contributed by atoms with E-state index in [-0.39, 0.29) is 35.7 Å². The maximum absolute atomic E-state index is 12.4. The van der Waals surface area contributed by atoms with Crippen LogP contribution in [0.15, 0.2) is 12.4 Å². The summed E-state index contributed by atoms with van der Waals surface area (Å²) in [7, 11) is 0. The summed E-state index contributed by atoms with van der Waals surface area (Å²) < 4.78 is 5.44. The highest BCUT2D eigenvalue weighted by molar-refractivity contribution is 6.29. The van der Waals surface area contributed by atoms with Gasteiger partial charge in [0, 0.05) is 31.4 Å². The number of ether oxygens (including phenoxy) is 1. The first-order valence-electron chi connectivity index (χ1n) is 8.08. The van der Waals surface area contributed by atoms with Crippen LogP contribution in [0.4, 0.5) is 4.79 Å². The summed E-state index contributed by atoms with van der Waals surface area (Å²) >= 11 is 5.94. The van der Waals surface area contributed by atoms with Crippen molar-refractivity contribution in [2.24, 2.45) is 5.92 Å². The molecule has 2 fully saturated rings. The fourth-order valence-corrected chi connectivity index (χ4v) is 3.54. The SMILES string of the molecule is CC1(C)CC2CCC(C(=O)NCc3nccnc3Cl)CN2C(=O)O1. The van der Waals surface area contributed by atoms with Gasteiger partial charge in [0.05, 0.1) is 18.2 Å². The lowest BCUT2D eigenvalue weighted by molar-refractivity contribution is -0.128. The molecule has 130 valence electrons. The van der Waals surface area contributed by atoms with E-state index in [1.807, 2.05) is 13.8 Å². The average Bonchev–Trinajstić information content (AvgIpc) is 2.52. The molecule has 1 aromatic heterocycles. The zero-order chi connectivity index (χ0) is 17.3. The van der Waals surface area contributed by atoms with E-state index in [2.05, 4.69) is 15.3 Å². The molecular weight excluding hydrogens is 332 g/mol. The van der Waals surface area contributed by atoms with Crippen molar-refractivity contribution in [2.45, 2.75) is 51.3 Å². The van der Waals surface area contributed by atoms with E-state index in [0.717, 1.165) is 19.3 Å². The molecule has 7 nitrogen and oxygen atoms in total. The highest BCUT2D eigenvalue weighted by Gasteiger charge is 2.44. The quantitative estimate of drug-likeness (QED) is 0.901. The standard InChI is InChI=1S/C16H21ClN4O3/c1-16(2)7-11-4-3-10(9-21(11)15(23)24-16)14(22)20-8-12-13(17)19-6-5-18-12/h5-6,10-11H,3-4,7-9H2,1-2H3,(H,20,22). The molecule has 0 aliphatic carbocycles. The molecule has 2 unspecified atom stereocenters. The van der Waals surface area contributed by atoms with Gasteiger partial charge in [-0.25, -0.2) is 9.78 Å². The van der Waals surface area contributed by atoms with E-state index in [1.54, 1.807) is 4.90 Å². The Balaban J connectivity index is 1.58. The summed E-state index contributed by atoms with van der Waals surface area (Å²) in [4.78, 5) is 34.3. The Hall–Kier alpha value is -1.89. The zero-order valence-electron chi connectivity index (χ0n) is 13.8. The Bertz CT molecular complexity index is 652. The third-order valence-corrected chi connectivity index (χ3v) is 4.87. The van der Waals surface area contributed by atoms with Crippen molar-refractivity contribution in [3.63, 3.8) is 0 Å². The largest absolute Gasteiger partial charge is 0.443 e. The number of amides is 2. The summed E-state index contributed by atoms with van der Waals surface area (Å²) in [5.41, 5.74) is 0.0936. The van der Waals surface area contributed by atoms with Gasteiger partial charge in [-0.05, 0) is 26.7 Å². The number of fused-ring (bicyclic) bond motifs is 1. The maximum Gasteiger partial charge on any atom is 0.410 e. The molecule has 2 saturated heterocycles. The molecule has 2 atom stereocenters. The highest BCUT2D eigenvalue weighted by Crippen LogP contribution is 2.34. The number of nitrogens with zero attached hydrogens (tertiary/aromatic N) is 3. The minimum Gasteiger partial charge on any atom is -0.443 e. The topological polar surface area (TPSA) is 84.4 Å². The van der Waals surface area contributed by atoms with Crippen LogP contribution in [-0.4, -0.2) is 45.1 Å². The van der Waals surface area contributed by atoms with Gasteiger partial charge < -0.3 is 15.0 Å². The molecule has 8 heteroatoms. The molecule has 1 aromatic rings. The molecule has 2 aliphatic rings. The highest BCUT2D eigenvalue weighted by atomic mass is 35.5. The van der Waals surface area contributed by atoms with Crippen molar-refractivity contribution >= 4 is 23.6 Å². The van der Waals surface area contributed by atoms with Gasteiger partial charge in [-0.3, -0.25) is 9.78 Å². The van der Waals surface area contributed by atoms with Gasteiger partial charge in [0.1, 0.15) is 5.60 Å². The Morgan fingerprint density at radius 2 is 2.17 bits per heavy atom. The van der Waals surface area contributed by atoms with Gasteiger partial charge in [-0.1, -0.05) is 11.6 Å². The molecule has 0 spiro atoms. The van der Waals surface area contributed by atoms with Crippen LogP contribution in [0.5, 0.6) is 0 Å². The minimum absolute atomic E-state index is 0.104. The molecule has 0 saturated carbocycles. The Labute approximate surface area is 145 Å². The first-order chi connectivity index (χ1) is 11.4. The molecule has 1 N–H and O–H groups in total. The summed E-state index contributed by atoms with van der Waals surface area (Å²) in [5, 5.41) is 3.11. The van der Waals surface area contributed by atoms with Crippen molar-refractivity contribution in [1.82, 2.24) is 20.2 Å². The van der Waals surface area contributed by atoms with Crippen LogP contribution in [-0.2, 0) is 16.1 Å². The third kappa shape index (κ3) is 3.61. The molecule has 2 amide bonds. The van der Waals surface area contributed by atoms with Gasteiger partial charge in [-0.2, -0.15) is 0 Å². The second-order valence-electron chi connectivity index (χ2n) is 6.92. The van der Waals surface area contributed by atoms with E-state index in [1.165, 1.54) is 12.4 Å². The van der Waals surface area contributed by atoms with Gasteiger partial charge in [0.15, 0.2) is 5.15 Å². The van der Waals surface area contributed by atoms with Crippen molar-refractivity contribution in [3.8, 4) is 0 Å². The first-order valence-corrected chi connectivity index (χ1v) is 8.46. The average molecular weight is 353 g/mol. The van der Waals surface area contributed by atoms with Crippen molar-refractivity contribution in [3.05, 3.63) is 23.2 Å². The normalized spacial score (nSPS) is 25.6. The van der Waals surface area contributed by atoms with Gasteiger partial charge in [-0.15, -0.1) is 0 Å². The number of carbonyl (C=O) groups excluding carboxylic acids is 2. The Morgan fingerprint density at radius 3 is 2.92 bits per heavy atom. The Kier molecular flexibility index (Phi) is 4.62. The van der Waals surface area contributed by atoms with Crippen LogP contribution >= 0.6 is 11.6 Å². The number of rotatable bonds is 3. The fourth-order valence-electron chi connectivity index (χ4n) is 3.36. The summed E-state index contributed by atoms with van der Waals surface area (Å²) in [6.45, 7) is 4.46. The number of cyclic esters (lactones) is 1. The lowest BCUT2D eigenvalue weighted by Crippen LogP contribution is -2.57. The van der Waals surface area contributed by atoms with Gasteiger partial charge in [0.2, 0.25) is 5.91 Å². The van der Waals surface area contributed by atoms with Crippen LogP contribution in [0.3, 0.4) is 0 Å². The molecule has 3 heterocycles. The van der Waals surface area contributed by atoms with Crippen LogP contribution in [0.25, 0.3) is 0 Å². The Morgan fingerprint density at radius 1 is 1.42 bits per heavy atom. The number of carbonyl (C=O) groups is 2. The van der Waals surface area contributed by atoms with Crippen LogP contribution in [0, 0.1) is 5.92 Å². The zero-order valence-corrected chi connectivity index (χ0v) is 14.5. The molecular formula is C16H21ClN4O3. The molecule has 0 radical (unpaired) electrons. The molecule has 2 aliphatic heterocycles. The predicted molar refractivity (Wildman–Crippen MR) is 87.3 cm³/mol. The lowest BCUT2D eigenvalue weighted by atomic mass is 9.85. The number of hydrogen-bond acceptors (Lipinski definition) is 5. The van der Waals surface area contributed by atoms with Crippen molar-refractivity contribution in [2.75, 3.05) is 6.54 Å². The third-order valence-electron chi connectivity index (χ3n) is 4.56. The summed E-state index contributed by atoms with van der Waals surface area (Å²) in [6.07, 6.45) is 5.06. The van der Waals surface area contributed by atoms with E-state index < -0.39 is 5.60 Å². The molecule has 24 heavy (non-hydrogen) atoms. The molecule has 3 rings (SSSR count). The number of aromatic nitrogens is 2. The van der Waals surface area contributed by atoms with Gasteiger partial charge in [0.25, 0.3) is 0 Å². The van der Waals surface area contributed by atoms with E-state index in [0.29, 0.717) is 12.2 Å². The summed E-state index contributed by atoms with van der Waals surface area (Å²) in [6, 6.07) is 0.153. The van der Waals surface area contributed by atoms with E-state index in [4.69, 9.17) is 16.3 Å². The van der Waals surface area contributed by atoms with Crippen molar-refractivity contribution in [1.29, 1.82) is 0 Å². The van der Waals surface area contributed by atoms with Crippen molar-refractivity contribution < 1.29 is 14.3 Å². The lowest BCUT2D eigenvalue weighted by Gasteiger charge is -2.46. The second-order valence-corrected chi connectivity index (χ2v) is 7.28. The monoisotopic (exact) mass is 352 g/mol. The second kappa shape index (κ2) is 6.55. The number of nitrogens with one attached hydrogen (secondary N) is 1. The number of piperidine rings is 1. The van der Waals surface area contributed by atoms with E-state index >= 15 is 0 Å². The number of hydrogen-bond donors (Lipinski definition) is 1. The minimum atomic E-state index is -0.434. The van der Waals surface area contributed by atoms with Gasteiger partial charge >= 0.3 is 6.09 Å². The van der Waals surface area contributed by atoms with Crippen LogP contribution in [0.2, 0.25) is 5.15 Å². The molecule has 0 aromatic carbocycles. The number of halogens is 1.